The van der Waals surface area contributed by atoms with Crippen molar-refractivity contribution in [1.29, 1.82) is 0 Å². The summed E-state index contributed by atoms with van der Waals surface area (Å²) in [5.41, 5.74) is 3.18. The van der Waals surface area contributed by atoms with Crippen molar-refractivity contribution in [2.45, 2.75) is 26.3 Å². The van der Waals surface area contributed by atoms with Gasteiger partial charge in [0.25, 0.3) is 0 Å². The van der Waals surface area contributed by atoms with Crippen LogP contribution in [0.25, 0.3) is 0 Å². The number of nitrogens with two attached hydrogens (primary N) is 1. The Kier molecular flexibility index (Phi) is 6.14. The minimum Gasteiger partial charge on any atom is -0.341 e. The number of halogens is 1. The Labute approximate surface area is 108 Å². The van der Waals surface area contributed by atoms with Crippen molar-refractivity contribution in [3.05, 3.63) is 35.6 Å². The van der Waals surface area contributed by atoms with E-state index < -0.39 is 0 Å². The fraction of sp³-hybridized carbons (Fsp3) is 0.462. The van der Waals surface area contributed by atoms with Crippen molar-refractivity contribution >= 4 is 5.96 Å². The molecule has 1 rings (SSSR count). The third kappa shape index (κ3) is 4.33. The van der Waals surface area contributed by atoms with Crippen molar-refractivity contribution in [1.82, 2.24) is 10.3 Å². The number of guanidine groups is 1. The largest absolute Gasteiger partial charge is 0.341 e. The molecule has 0 aliphatic heterocycles. The lowest BCUT2D eigenvalue weighted by Crippen LogP contribution is -2.42. The van der Waals surface area contributed by atoms with Crippen molar-refractivity contribution in [3.63, 3.8) is 0 Å². The Bertz CT molecular complexity index is 392. The highest BCUT2D eigenvalue weighted by atomic mass is 19.1. The summed E-state index contributed by atoms with van der Waals surface area (Å²) in [6.07, 6.45) is 2.09. The van der Waals surface area contributed by atoms with Crippen LogP contribution in [0.5, 0.6) is 0 Å². The Morgan fingerprint density at radius 1 is 1.44 bits per heavy atom. The zero-order valence-electron chi connectivity index (χ0n) is 11.0. The van der Waals surface area contributed by atoms with Gasteiger partial charge in [0.15, 0.2) is 0 Å². The van der Waals surface area contributed by atoms with Gasteiger partial charge in [-0.25, -0.2) is 10.2 Å². The molecule has 3 N–H and O–H groups in total. The predicted octanol–water partition coefficient (Wildman–Crippen LogP) is 1.88. The summed E-state index contributed by atoms with van der Waals surface area (Å²) in [5, 5.41) is 0. The molecule has 1 aromatic carbocycles. The number of benzene rings is 1. The Hall–Kier alpha value is -1.62. The maximum absolute atomic E-state index is 13.5. The molecule has 0 radical (unpaired) electrons. The summed E-state index contributed by atoms with van der Waals surface area (Å²) >= 11 is 0. The number of nitrogens with zero attached hydrogens (tertiary/aromatic N) is 2. The van der Waals surface area contributed by atoms with Gasteiger partial charge >= 0.3 is 0 Å². The minimum absolute atomic E-state index is 0.214. The number of rotatable bonds is 5. The van der Waals surface area contributed by atoms with Crippen LogP contribution < -0.4 is 11.3 Å². The highest BCUT2D eigenvalue weighted by Gasteiger charge is 2.08. The number of hydrogen-bond donors (Lipinski definition) is 2. The van der Waals surface area contributed by atoms with Gasteiger partial charge in [0, 0.05) is 25.7 Å². The molecule has 0 unspecified atom stereocenters. The van der Waals surface area contributed by atoms with E-state index in [1.807, 2.05) is 13.1 Å². The molecule has 5 heteroatoms. The summed E-state index contributed by atoms with van der Waals surface area (Å²) in [6, 6.07) is 6.70. The topological polar surface area (TPSA) is 53.6 Å². The van der Waals surface area contributed by atoms with E-state index >= 15 is 0 Å². The van der Waals surface area contributed by atoms with Crippen LogP contribution >= 0.6 is 0 Å². The molecule has 0 saturated carbocycles. The average molecular weight is 252 g/mol. The predicted molar refractivity (Wildman–Crippen MR) is 72.4 cm³/mol. The molecule has 0 aromatic heterocycles. The first-order valence-electron chi connectivity index (χ1n) is 6.14. The van der Waals surface area contributed by atoms with E-state index in [9.17, 15) is 4.39 Å². The molecule has 100 valence electrons. The zero-order valence-corrected chi connectivity index (χ0v) is 11.0. The quantitative estimate of drug-likeness (QED) is 0.276. The Balaban J connectivity index is 2.65. The van der Waals surface area contributed by atoms with E-state index in [0.29, 0.717) is 18.1 Å². The van der Waals surface area contributed by atoms with Gasteiger partial charge in [-0.05, 0) is 12.5 Å². The Morgan fingerprint density at radius 3 is 2.78 bits per heavy atom. The van der Waals surface area contributed by atoms with Crippen LogP contribution in [0.1, 0.15) is 25.3 Å². The highest BCUT2D eigenvalue weighted by Crippen LogP contribution is 2.08. The minimum atomic E-state index is -0.214. The van der Waals surface area contributed by atoms with E-state index in [0.717, 1.165) is 19.4 Å². The van der Waals surface area contributed by atoms with E-state index in [-0.39, 0.29) is 5.82 Å². The molecular formula is C13H21FN4. The van der Waals surface area contributed by atoms with Crippen LogP contribution in [0.2, 0.25) is 0 Å². The van der Waals surface area contributed by atoms with Crippen LogP contribution in [-0.2, 0) is 6.54 Å². The van der Waals surface area contributed by atoms with Crippen molar-refractivity contribution in [2.75, 3.05) is 13.6 Å². The fourth-order valence-electron chi connectivity index (χ4n) is 1.58. The third-order valence-corrected chi connectivity index (χ3v) is 2.63. The normalized spacial score (nSPS) is 11.4. The smallest absolute Gasteiger partial charge is 0.208 e. The summed E-state index contributed by atoms with van der Waals surface area (Å²) in [7, 11) is 1.83. The second-order valence-corrected chi connectivity index (χ2v) is 4.15. The molecular weight excluding hydrogens is 231 g/mol. The van der Waals surface area contributed by atoms with Crippen LogP contribution in [-0.4, -0.2) is 24.5 Å². The molecule has 0 aliphatic rings. The monoisotopic (exact) mass is 252 g/mol. The van der Waals surface area contributed by atoms with Crippen LogP contribution in [0.3, 0.4) is 0 Å². The van der Waals surface area contributed by atoms with E-state index in [1.165, 1.54) is 6.07 Å². The maximum Gasteiger partial charge on any atom is 0.208 e. The number of hydrazine groups is 1. The number of nitrogens with one attached hydrogen (secondary N) is 1. The van der Waals surface area contributed by atoms with Gasteiger partial charge < -0.3 is 4.90 Å². The third-order valence-electron chi connectivity index (χ3n) is 2.63. The second kappa shape index (κ2) is 7.66. The summed E-state index contributed by atoms with van der Waals surface area (Å²) in [6.45, 7) is 3.26. The van der Waals surface area contributed by atoms with Gasteiger partial charge in [0.2, 0.25) is 5.96 Å². The first-order valence-corrected chi connectivity index (χ1v) is 6.14. The van der Waals surface area contributed by atoms with Gasteiger partial charge in [-0.15, -0.1) is 0 Å². The Morgan fingerprint density at radius 2 is 2.17 bits per heavy atom. The fourth-order valence-corrected chi connectivity index (χ4v) is 1.58. The van der Waals surface area contributed by atoms with Gasteiger partial charge in [0.05, 0.1) is 0 Å². The summed E-state index contributed by atoms with van der Waals surface area (Å²) in [5.74, 6) is 5.79. The van der Waals surface area contributed by atoms with E-state index in [2.05, 4.69) is 17.3 Å². The SMILES string of the molecule is CCCCN=C(NN)N(C)Cc1ccccc1F. The van der Waals surface area contributed by atoms with Crippen LogP contribution in [0.4, 0.5) is 4.39 Å². The number of aliphatic imine (C=N–C) groups is 1. The molecule has 0 bridgehead atoms. The van der Waals surface area contributed by atoms with E-state index in [1.54, 1.807) is 17.0 Å². The van der Waals surface area contributed by atoms with Gasteiger partial charge in [0.1, 0.15) is 5.82 Å². The molecule has 4 nitrogen and oxygen atoms in total. The maximum atomic E-state index is 13.5. The van der Waals surface area contributed by atoms with Gasteiger partial charge in [-0.3, -0.25) is 10.4 Å². The van der Waals surface area contributed by atoms with Crippen LogP contribution in [0.15, 0.2) is 29.3 Å². The van der Waals surface area contributed by atoms with Crippen molar-refractivity contribution in [2.24, 2.45) is 10.8 Å². The zero-order chi connectivity index (χ0) is 13.4. The van der Waals surface area contributed by atoms with Crippen molar-refractivity contribution < 1.29 is 4.39 Å². The molecule has 0 fully saturated rings. The molecule has 0 spiro atoms. The van der Waals surface area contributed by atoms with E-state index in [4.69, 9.17) is 5.84 Å². The molecule has 1 aromatic rings. The second-order valence-electron chi connectivity index (χ2n) is 4.15. The molecule has 18 heavy (non-hydrogen) atoms. The lowest BCUT2D eigenvalue weighted by molar-refractivity contribution is 0.460. The molecule has 0 amide bonds. The lowest BCUT2D eigenvalue weighted by Gasteiger charge is -2.21. The van der Waals surface area contributed by atoms with Crippen molar-refractivity contribution in [3.8, 4) is 0 Å². The standard InChI is InChI=1S/C13H21FN4/c1-3-4-9-16-13(17-15)18(2)10-11-7-5-6-8-12(11)14/h5-8H,3-4,9-10,15H2,1-2H3,(H,16,17). The van der Waals surface area contributed by atoms with Gasteiger partial charge in [-0.2, -0.15) is 0 Å². The lowest BCUT2D eigenvalue weighted by atomic mass is 10.2. The molecule has 0 aliphatic carbocycles. The number of unbranched alkanes of at least 4 members (excludes halogenated alkanes) is 1. The summed E-state index contributed by atoms with van der Waals surface area (Å²) in [4.78, 5) is 6.14. The average Bonchev–Trinajstić information content (AvgIpc) is 2.37. The summed E-state index contributed by atoms with van der Waals surface area (Å²) < 4.78 is 13.5. The first kappa shape index (κ1) is 14.4. The molecule has 0 saturated heterocycles. The molecule has 0 heterocycles. The molecule has 0 atom stereocenters. The van der Waals surface area contributed by atoms with Crippen LogP contribution in [0, 0.1) is 5.82 Å². The highest BCUT2D eigenvalue weighted by molar-refractivity contribution is 5.79. The first-order chi connectivity index (χ1) is 8.69. The number of hydrogen-bond acceptors (Lipinski definition) is 2. The van der Waals surface area contributed by atoms with Gasteiger partial charge in [-0.1, -0.05) is 31.5 Å².